The summed E-state index contributed by atoms with van der Waals surface area (Å²) in [6.45, 7) is 0. The van der Waals surface area contributed by atoms with Crippen LogP contribution in [0.3, 0.4) is 0 Å². The molecule has 0 aromatic carbocycles. The Balaban J connectivity index is 2.72. The lowest BCUT2D eigenvalue weighted by Gasteiger charge is -2.25. The minimum atomic E-state index is -1.61. The Morgan fingerprint density at radius 2 is 2.24 bits per heavy atom. The Hall–Kier alpha value is 0.120. The molecular weight excluding hydrogens is 325 g/mol. The van der Waals surface area contributed by atoms with Crippen molar-refractivity contribution in [2.75, 3.05) is 14.1 Å². The molecule has 1 aromatic heterocycles. The second-order valence-corrected chi connectivity index (χ2v) is 7.80. The summed E-state index contributed by atoms with van der Waals surface area (Å²) in [5.74, 6) is 0. The summed E-state index contributed by atoms with van der Waals surface area (Å²) in [5, 5.41) is 3.73. The molecule has 1 unspecified atom stereocenters. The van der Waals surface area contributed by atoms with Crippen LogP contribution in [0.15, 0.2) is 15.9 Å². The molecule has 1 heterocycles. The van der Waals surface area contributed by atoms with Crippen molar-refractivity contribution in [2.24, 2.45) is 0 Å². The van der Waals surface area contributed by atoms with Crippen LogP contribution in [0.4, 0.5) is 4.79 Å². The highest BCUT2D eigenvalue weighted by Gasteiger charge is 2.35. The molecule has 17 heavy (non-hydrogen) atoms. The number of aromatic nitrogens is 1. The number of hydrogen-bond donors (Lipinski definition) is 1. The lowest BCUT2D eigenvalue weighted by atomic mass is 10.7. The summed E-state index contributed by atoms with van der Waals surface area (Å²) < 4.78 is -0.887. The van der Waals surface area contributed by atoms with E-state index in [4.69, 9.17) is 34.8 Å². The molecule has 1 atom stereocenters. The van der Waals surface area contributed by atoms with Crippen molar-refractivity contribution in [1.82, 2.24) is 15.2 Å². The van der Waals surface area contributed by atoms with Gasteiger partial charge in [0.1, 0.15) is 5.37 Å². The highest BCUT2D eigenvalue weighted by atomic mass is 35.6. The minimum absolute atomic E-state index is 0.328. The molecule has 1 rings (SSSR count). The van der Waals surface area contributed by atoms with Gasteiger partial charge in [0.2, 0.25) is 3.79 Å². The molecule has 0 spiro atoms. The van der Waals surface area contributed by atoms with E-state index in [1.54, 1.807) is 20.3 Å². The van der Waals surface area contributed by atoms with E-state index in [-0.39, 0.29) is 6.03 Å². The molecule has 0 saturated carbocycles. The zero-order valence-electron chi connectivity index (χ0n) is 8.99. The standard InChI is InChI=1S/C8H10Cl3N3OS2/c1-14(2)6(15)13-5(8(9,10)11)17-7-12-3-4-16-7/h3-5H,1-2H3,(H,13,15). The predicted molar refractivity (Wildman–Crippen MR) is 74.3 cm³/mol. The van der Waals surface area contributed by atoms with Crippen molar-refractivity contribution < 1.29 is 4.79 Å². The summed E-state index contributed by atoms with van der Waals surface area (Å²) in [4.78, 5) is 17.0. The molecule has 0 bridgehead atoms. The third kappa shape index (κ3) is 5.09. The van der Waals surface area contributed by atoms with Gasteiger partial charge >= 0.3 is 6.03 Å². The third-order valence-electron chi connectivity index (χ3n) is 1.59. The van der Waals surface area contributed by atoms with Gasteiger partial charge in [-0.2, -0.15) is 0 Å². The Labute approximate surface area is 123 Å². The van der Waals surface area contributed by atoms with Gasteiger partial charge in [-0.1, -0.05) is 46.6 Å². The van der Waals surface area contributed by atoms with Gasteiger partial charge in [0.15, 0.2) is 4.34 Å². The maximum Gasteiger partial charge on any atom is 0.317 e. The van der Waals surface area contributed by atoms with E-state index in [1.807, 2.05) is 5.38 Å². The predicted octanol–water partition coefficient (Wildman–Crippen LogP) is 3.20. The molecule has 0 fully saturated rings. The molecule has 0 aliphatic carbocycles. The van der Waals surface area contributed by atoms with Crippen LogP contribution in [0.2, 0.25) is 0 Å². The summed E-state index contributed by atoms with van der Waals surface area (Å²) in [6, 6.07) is -0.328. The van der Waals surface area contributed by atoms with E-state index >= 15 is 0 Å². The monoisotopic (exact) mass is 333 g/mol. The summed E-state index contributed by atoms with van der Waals surface area (Å²) in [6.07, 6.45) is 1.65. The highest BCUT2D eigenvalue weighted by Crippen LogP contribution is 2.39. The molecule has 2 amide bonds. The maximum absolute atomic E-state index is 11.5. The molecule has 0 aliphatic rings. The number of halogens is 3. The van der Waals surface area contributed by atoms with Crippen LogP contribution in [0, 0.1) is 0 Å². The van der Waals surface area contributed by atoms with Crippen molar-refractivity contribution in [3.63, 3.8) is 0 Å². The number of nitrogens with one attached hydrogen (secondary N) is 1. The van der Waals surface area contributed by atoms with Crippen LogP contribution >= 0.6 is 57.9 Å². The Kier molecular flexibility index (Phi) is 5.66. The average molecular weight is 335 g/mol. The zero-order valence-corrected chi connectivity index (χ0v) is 12.9. The van der Waals surface area contributed by atoms with Crippen molar-refractivity contribution in [3.05, 3.63) is 11.6 Å². The van der Waals surface area contributed by atoms with Crippen LogP contribution in [0.1, 0.15) is 0 Å². The first-order valence-electron chi connectivity index (χ1n) is 4.41. The largest absolute Gasteiger partial charge is 0.331 e. The Bertz CT molecular complexity index is 367. The first-order valence-corrected chi connectivity index (χ1v) is 7.30. The SMILES string of the molecule is CN(C)C(=O)NC(Sc1nccs1)C(Cl)(Cl)Cl. The second-order valence-electron chi connectivity index (χ2n) is 3.18. The number of nitrogens with zero attached hydrogens (tertiary/aromatic N) is 2. The van der Waals surface area contributed by atoms with Gasteiger partial charge in [0.25, 0.3) is 0 Å². The van der Waals surface area contributed by atoms with Gasteiger partial charge in [-0.25, -0.2) is 9.78 Å². The first kappa shape index (κ1) is 15.2. The van der Waals surface area contributed by atoms with E-state index in [0.29, 0.717) is 0 Å². The van der Waals surface area contributed by atoms with Gasteiger partial charge in [0.05, 0.1) is 0 Å². The fourth-order valence-corrected chi connectivity index (χ4v) is 3.01. The normalized spacial score (nSPS) is 13.2. The quantitative estimate of drug-likeness (QED) is 0.524. The van der Waals surface area contributed by atoms with Crippen molar-refractivity contribution in [1.29, 1.82) is 0 Å². The summed E-state index contributed by atoms with van der Waals surface area (Å²) >= 11 is 20.1. The van der Waals surface area contributed by atoms with Gasteiger partial charge in [-0.3, -0.25) is 0 Å². The van der Waals surface area contributed by atoms with E-state index in [9.17, 15) is 4.79 Å². The minimum Gasteiger partial charge on any atom is -0.331 e. The van der Waals surface area contributed by atoms with Gasteiger partial charge < -0.3 is 10.2 Å². The highest BCUT2D eigenvalue weighted by molar-refractivity contribution is 8.01. The van der Waals surface area contributed by atoms with Crippen LogP contribution in [0.5, 0.6) is 0 Å². The Morgan fingerprint density at radius 3 is 2.65 bits per heavy atom. The number of urea groups is 1. The van der Waals surface area contributed by atoms with Gasteiger partial charge in [-0.15, -0.1) is 11.3 Å². The first-order chi connectivity index (χ1) is 7.80. The van der Waals surface area contributed by atoms with Crippen molar-refractivity contribution in [2.45, 2.75) is 13.5 Å². The number of carbonyl (C=O) groups is 1. The van der Waals surface area contributed by atoms with E-state index in [0.717, 1.165) is 4.34 Å². The fraction of sp³-hybridized carbons (Fsp3) is 0.500. The van der Waals surface area contributed by atoms with Gasteiger partial charge in [-0.05, 0) is 0 Å². The lowest BCUT2D eigenvalue weighted by molar-refractivity contribution is 0.216. The summed E-state index contributed by atoms with van der Waals surface area (Å²) in [5.41, 5.74) is 0. The molecule has 4 nitrogen and oxygen atoms in total. The van der Waals surface area contributed by atoms with E-state index in [2.05, 4.69) is 10.3 Å². The number of alkyl halides is 3. The molecule has 0 radical (unpaired) electrons. The smallest absolute Gasteiger partial charge is 0.317 e. The second kappa shape index (κ2) is 6.33. The van der Waals surface area contributed by atoms with Crippen LogP contribution < -0.4 is 5.32 Å². The molecule has 1 N–H and O–H groups in total. The molecular formula is C8H10Cl3N3OS2. The van der Waals surface area contributed by atoms with E-state index < -0.39 is 9.17 Å². The number of thioether (sulfide) groups is 1. The van der Waals surface area contributed by atoms with Gasteiger partial charge in [0, 0.05) is 25.7 Å². The maximum atomic E-state index is 11.5. The lowest BCUT2D eigenvalue weighted by Crippen LogP contribution is -2.45. The number of carbonyl (C=O) groups excluding carboxylic acids is 1. The summed E-state index contributed by atoms with van der Waals surface area (Å²) in [7, 11) is 3.22. The number of thiazole rings is 1. The molecule has 9 heteroatoms. The zero-order chi connectivity index (χ0) is 13.1. The average Bonchev–Trinajstić information content (AvgIpc) is 2.67. The number of hydrogen-bond acceptors (Lipinski definition) is 4. The van der Waals surface area contributed by atoms with E-state index in [1.165, 1.54) is 28.0 Å². The van der Waals surface area contributed by atoms with Crippen LogP contribution in [-0.4, -0.2) is 39.2 Å². The third-order valence-corrected chi connectivity index (χ3v) is 4.79. The molecule has 0 aliphatic heterocycles. The molecule has 1 aromatic rings. The fourth-order valence-electron chi connectivity index (χ4n) is 0.789. The Morgan fingerprint density at radius 1 is 1.59 bits per heavy atom. The van der Waals surface area contributed by atoms with Crippen molar-refractivity contribution in [3.8, 4) is 0 Å². The molecule has 0 saturated heterocycles. The number of rotatable bonds is 3. The van der Waals surface area contributed by atoms with Crippen LogP contribution in [0.25, 0.3) is 0 Å². The number of amides is 2. The molecule has 96 valence electrons. The van der Waals surface area contributed by atoms with Crippen LogP contribution in [-0.2, 0) is 0 Å². The topological polar surface area (TPSA) is 45.2 Å². The van der Waals surface area contributed by atoms with Crippen molar-refractivity contribution >= 4 is 63.9 Å².